The number of para-hydroxylation sites is 1. The summed E-state index contributed by atoms with van der Waals surface area (Å²) < 4.78 is 1.99. The molecule has 0 atom stereocenters. The van der Waals surface area contributed by atoms with Crippen LogP contribution in [0.5, 0.6) is 0 Å². The van der Waals surface area contributed by atoms with Crippen molar-refractivity contribution in [3.8, 4) is 5.69 Å². The number of nitrogens with one attached hydrogen (secondary N) is 2. The number of hydrogen-bond donors (Lipinski definition) is 2. The second-order valence-corrected chi connectivity index (χ2v) is 9.00. The summed E-state index contributed by atoms with van der Waals surface area (Å²) in [6.45, 7) is 11.9. The third kappa shape index (κ3) is 5.23. The van der Waals surface area contributed by atoms with Crippen LogP contribution in [-0.4, -0.2) is 27.8 Å². The van der Waals surface area contributed by atoms with Gasteiger partial charge in [-0.1, -0.05) is 39.0 Å². The van der Waals surface area contributed by atoms with E-state index < -0.39 is 0 Å². The van der Waals surface area contributed by atoms with Gasteiger partial charge >= 0.3 is 0 Å². The quantitative estimate of drug-likeness (QED) is 0.491. The van der Waals surface area contributed by atoms with E-state index in [2.05, 4.69) is 72.0 Å². The third-order valence-corrected chi connectivity index (χ3v) is 5.85. The maximum absolute atomic E-state index is 4.73. The molecule has 3 aromatic rings. The van der Waals surface area contributed by atoms with Crippen LogP contribution in [-0.2, 0) is 18.5 Å². The summed E-state index contributed by atoms with van der Waals surface area (Å²) in [6, 6.07) is 10.4. The Bertz CT molecular complexity index is 993. The van der Waals surface area contributed by atoms with Gasteiger partial charge in [0.25, 0.3) is 0 Å². The number of aryl methyl sites for hydroxylation is 2. The van der Waals surface area contributed by atoms with E-state index in [9.17, 15) is 0 Å². The van der Waals surface area contributed by atoms with Crippen molar-refractivity contribution in [3.05, 3.63) is 63.4 Å². The van der Waals surface area contributed by atoms with E-state index in [1.165, 1.54) is 0 Å². The zero-order chi connectivity index (χ0) is 21.0. The lowest BCUT2D eigenvalue weighted by Crippen LogP contribution is -2.36. The number of hydrogen-bond acceptors (Lipinski definition) is 4. The van der Waals surface area contributed by atoms with Gasteiger partial charge in [-0.05, 0) is 31.5 Å². The molecule has 0 unspecified atom stereocenters. The van der Waals surface area contributed by atoms with Crippen molar-refractivity contribution in [2.24, 2.45) is 4.99 Å². The first-order valence-electron chi connectivity index (χ1n) is 9.79. The minimum atomic E-state index is 0.0789. The maximum atomic E-state index is 4.73. The van der Waals surface area contributed by atoms with E-state index in [-0.39, 0.29) is 5.41 Å². The molecule has 2 aromatic heterocycles. The van der Waals surface area contributed by atoms with Gasteiger partial charge in [-0.15, -0.1) is 11.3 Å². The molecule has 0 spiro atoms. The predicted octanol–water partition coefficient (Wildman–Crippen LogP) is 4.11. The monoisotopic (exact) mass is 410 g/mol. The molecule has 0 saturated carbocycles. The van der Waals surface area contributed by atoms with Gasteiger partial charge in [0, 0.05) is 30.1 Å². The standard InChI is InChI=1S/C22H30N6S/c1-15-11-16(2)28(27-15)19-10-8-7-9-17(19)12-24-21(23-6)25-13-18-14-29-20(26-18)22(3,4)5/h7-11,14H,12-13H2,1-6H3,(H2,23,24,25). The zero-order valence-electron chi connectivity index (χ0n) is 18.1. The normalized spacial score (nSPS) is 12.3. The Morgan fingerprint density at radius 1 is 1.14 bits per heavy atom. The van der Waals surface area contributed by atoms with Crippen LogP contribution < -0.4 is 10.6 Å². The molecular weight excluding hydrogens is 380 g/mol. The Kier molecular flexibility index (Phi) is 6.37. The summed E-state index contributed by atoms with van der Waals surface area (Å²) in [5.41, 5.74) is 5.48. The smallest absolute Gasteiger partial charge is 0.191 e. The molecule has 1 aromatic carbocycles. The van der Waals surface area contributed by atoms with Crippen LogP contribution in [0, 0.1) is 13.8 Å². The first-order chi connectivity index (χ1) is 13.8. The van der Waals surface area contributed by atoms with Crippen molar-refractivity contribution in [1.82, 2.24) is 25.4 Å². The van der Waals surface area contributed by atoms with Crippen LogP contribution in [0.25, 0.3) is 5.69 Å². The topological polar surface area (TPSA) is 67.1 Å². The molecule has 0 amide bonds. The van der Waals surface area contributed by atoms with Crippen molar-refractivity contribution in [1.29, 1.82) is 0 Å². The largest absolute Gasteiger partial charge is 0.352 e. The van der Waals surface area contributed by atoms with Gasteiger partial charge in [-0.2, -0.15) is 5.10 Å². The summed E-state index contributed by atoms with van der Waals surface area (Å²) >= 11 is 1.71. The van der Waals surface area contributed by atoms with Gasteiger partial charge in [0.2, 0.25) is 0 Å². The van der Waals surface area contributed by atoms with Crippen molar-refractivity contribution in [3.63, 3.8) is 0 Å². The van der Waals surface area contributed by atoms with Crippen LogP contribution in [0.3, 0.4) is 0 Å². The first kappa shape index (κ1) is 21.0. The third-order valence-electron chi connectivity index (χ3n) is 4.53. The fourth-order valence-electron chi connectivity index (χ4n) is 3.05. The lowest BCUT2D eigenvalue weighted by atomic mass is 9.98. The summed E-state index contributed by atoms with van der Waals surface area (Å²) in [5.74, 6) is 0.749. The number of benzene rings is 1. The van der Waals surface area contributed by atoms with Crippen molar-refractivity contribution >= 4 is 17.3 Å². The lowest BCUT2D eigenvalue weighted by molar-refractivity contribution is 0.582. The molecule has 6 nitrogen and oxygen atoms in total. The molecule has 0 aliphatic carbocycles. The number of nitrogens with zero attached hydrogens (tertiary/aromatic N) is 4. The van der Waals surface area contributed by atoms with Crippen LogP contribution in [0.4, 0.5) is 0 Å². The molecular formula is C22H30N6S. The van der Waals surface area contributed by atoms with Crippen LogP contribution in [0.1, 0.15) is 48.4 Å². The van der Waals surface area contributed by atoms with Gasteiger partial charge in [-0.25, -0.2) is 9.67 Å². The highest BCUT2D eigenvalue weighted by molar-refractivity contribution is 7.09. The predicted molar refractivity (Wildman–Crippen MR) is 121 cm³/mol. The second kappa shape index (κ2) is 8.78. The van der Waals surface area contributed by atoms with E-state index >= 15 is 0 Å². The average Bonchev–Trinajstić information content (AvgIpc) is 3.28. The van der Waals surface area contributed by atoms with E-state index in [1.54, 1.807) is 18.4 Å². The molecule has 0 aliphatic heterocycles. The second-order valence-electron chi connectivity index (χ2n) is 8.14. The molecule has 0 radical (unpaired) electrons. The Morgan fingerprint density at radius 2 is 1.86 bits per heavy atom. The molecule has 0 bridgehead atoms. The molecule has 2 N–H and O–H groups in total. The van der Waals surface area contributed by atoms with Gasteiger partial charge in [0.15, 0.2) is 5.96 Å². The highest BCUT2D eigenvalue weighted by atomic mass is 32.1. The number of aliphatic imine (C=N–C) groups is 1. The zero-order valence-corrected chi connectivity index (χ0v) is 18.9. The van der Waals surface area contributed by atoms with Crippen LogP contribution >= 0.6 is 11.3 Å². The fraction of sp³-hybridized carbons (Fsp3) is 0.409. The van der Waals surface area contributed by atoms with Crippen LogP contribution in [0.15, 0.2) is 40.7 Å². The highest BCUT2D eigenvalue weighted by Crippen LogP contribution is 2.25. The fourth-order valence-corrected chi connectivity index (χ4v) is 3.95. The van der Waals surface area contributed by atoms with Gasteiger partial charge in [0.05, 0.1) is 28.6 Å². The molecule has 29 heavy (non-hydrogen) atoms. The summed E-state index contributed by atoms with van der Waals surface area (Å²) in [7, 11) is 1.78. The van der Waals surface area contributed by atoms with Gasteiger partial charge in [0.1, 0.15) is 0 Å². The maximum Gasteiger partial charge on any atom is 0.191 e. The van der Waals surface area contributed by atoms with E-state index in [0.717, 1.165) is 39.3 Å². The SMILES string of the molecule is CN=C(NCc1csc(C(C)(C)C)n1)NCc1ccccc1-n1nc(C)cc1C. The number of aromatic nitrogens is 3. The number of guanidine groups is 1. The van der Waals surface area contributed by atoms with Gasteiger partial charge in [-0.3, -0.25) is 4.99 Å². The van der Waals surface area contributed by atoms with Gasteiger partial charge < -0.3 is 10.6 Å². The van der Waals surface area contributed by atoms with E-state index in [1.807, 2.05) is 23.7 Å². The number of rotatable bonds is 5. The van der Waals surface area contributed by atoms with Crippen molar-refractivity contribution in [2.45, 2.75) is 53.1 Å². The molecule has 3 rings (SSSR count). The van der Waals surface area contributed by atoms with E-state index in [0.29, 0.717) is 13.1 Å². The van der Waals surface area contributed by atoms with Crippen LogP contribution in [0.2, 0.25) is 0 Å². The molecule has 154 valence electrons. The molecule has 0 aliphatic rings. The minimum Gasteiger partial charge on any atom is -0.352 e. The Morgan fingerprint density at radius 3 is 2.48 bits per heavy atom. The lowest BCUT2D eigenvalue weighted by Gasteiger charge is -2.15. The Labute approximate surface area is 177 Å². The summed E-state index contributed by atoms with van der Waals surface area (Å²) in [6.07, 6.45) is 0. The minimum absolute atomic E-state index is 0.0789. The molecule has 0 fully saturated rings. The first-order valence-corrected chi connectivity index (χ1v) is 10.7. The number of thiazole rings is 1. The Balaban J connectivity index is 1.65. The highest BCUT2D eigenvalue weighted by Gasteiger charge is 2.18. The molecule has 7 heteroatoms. The van der Waals surface area contributed by atoms with E-state index in [4.69, 9.17) is 4.98 Å². The summed E-state index contributed by atoms with van der Waals surface area (Å²) in [5, 5.41) is 14.6. The molecule has 2 heterocycles. The molecule has 0 saturated heterocycles. The Hall–Kier alpha value is -2.67. The summed E-state index contributed by atoms with van der Waals surface area (Å²) in [4.78, 5) is 9.08. The van der Waals surface area contributed by atoms with Crippen molar-refractivity contribution < 1.29 is 0 Å². The average molecular weight is 411 g/mol. The van der Waals surface area contributed by atoms with Crippen molar-refractivity contribution in [2.75, 3.05) is 7.05 Å².